The number of hydrogen-bond donors (Lipinski definition) is 0. The molecule has 1 nitrogen and oxygen atoms in total. The van der Waals surface area contributed by atoms with Crippen molar-refractivity contribution in [2.45, 2.75) is 0 Å². The van der Waals surface area contributed by atoms with Gasteiger partial charge in [-0.3, -0.25) is 0 Å². The fraction of sp³-hybridized carbons (Fsp3) is 0. The lowest BCUT2D eigenvalue weighted by Crippen LogP contribution is -2.10. The molecule has 0 unspecified atom stereocenters. The second kappa shape index (κ2) is 13.4. The molecule has 262 valence electrons. The van der Waals surface area contributed by atoms with Crippen molar-refractivity contribution in [2.24, 2.45) is 0 Å². The molecular formula is C54H35NS. The number of benzene rings is 10. The number of rotatable bonds is 6. The molecular weight excluding hydrogens is 695 g/mol. The average molecular weight is 730 g/mol. The van der Waals surface area contributed by atoms with Crippen LogP contribution in [0.5, 0.6) is 0 Å². The van der Waals surface area contributed by atoms with Gasteiger partial charge in [0, 0.05) is 36.9 Å². The zero-order valence-electron chi connectivity index (χ0n) is 30.6. The number of fused-ring (bicyclic) bond motifs is 7. The first-order valence-electron chi connectivity index (χ1n) is 19.2. The zero-order chi connectivity index (χ0) is 37.0. The van der Waals surface area contributed by atoms with Gasteiger partial charge in [-0.15, -0.1) is 11.3 Å². The zero-order valence-corrected chi connectivity index (χ0v) is 31.4. The summed E-state index contributed by atoms with van der Waals surface area (Å²) in [5.74, 6) is 0. The lowest BCUT2D eigenvalue weighted by atomic mass is 9.91. The largest absolute Gasteiger partial charge is 0.310 e. The van der Waals surface area contributed by atoms with E-state index < -0.39 is 0 Å². The minimum Gasteiger partial charge on any atom is -0.310 e. The van der Waals surface area contributed by atoms with Gasteiger partial charge in [0.15, 0.2) is 0 Å². The van der Waals surface area contributed by atoms with E-state index in [1.165, 1.54) is 85.9 Å². The van der Waals surface area contributed by atoms with Crippen LogP contribution in [0.3, 0.4) is 0 Å². The molecule has 0 saturated carbocycles. The fourth-order valence-corrected chi connectivity index (χ4v) is 9.81. The lowest BCUT2D eigenvalue weighted by molar-refractivity contribution is 1.30. The average Bonchev–Trinajstić information content (AvgIpc) is 3.66. The Kier molecular flexibility index (Phi) is 7.75. The first kappa shape index (κ1) is 32.4. The van der Waals surface area contributed by atoms with E-state index in [2.05, 4.69) is 217 Å². The van der Waals surface area contributed by atoms with Gasteiger partial charge in [0.05, 0.1) is 5.69 Å². The smallest absolute Gasteiger partial charge is 0.0540 e. The monoisotopic (exact) mass is 729 g/mol. The van der Waals surface area contributed by atoms with E-state index in [4.69, 9.17) is 0 Å². The highest BCUT2D eigenvalue weighted by molar-refractivity contribution is 7.26. The van der Waals surface area contributed by atoms with Crippen LogP contribution in [0.4, 0.5) is 17.1 Å². The highest BCUT2D eigenvalue weighted by atomic mass is 32.1. The van der Waals surface area contributed by atoms with E-state index in [0.29, 0.717) is 0 Å². The minimum absolute atomic E-state index is 1.11. The number of anilines is 3. The van der Waals surface area contributed by atoms with Crippen LogP contribution in [0.25, 0.3) is 85.9 Å². The molecule has 0 aliphatic carbocycles. The molecule has 0 fully saturated rings. The summed E-state index contributed by atoms with van der Waals surface area (Å²) in [6, 6.07) is 77.7. The molecule has 0 aliphatic heterocycles. The minimum atomic E-state index is 1.11. The topological polar surface area (TPSA) is 3.24 Å². The van der Waals surface area contributed by atoms with Crippen molar-refractivity contribution in [3.63, 3.8) is 0 Å². The molecule has 0 spiro atoms. The Morgan fingerprint density at radius 3 is 1.64 bits per heavy atom. The van der Waals surface area contributed by atoms with E-state index >= 15 is 0 Å². The predicted molar refractivity (Wildman–Crippen MR) is 243 cm³/mol. The van der Waals surface area contributed by atoms with Gasteiger partial charge in [0.1, 0.15) is 0 Å². The van der Waals surface area contributed by atoms with Gasteiger partial charge < -0.3 is 4.90 Å². The maximum Gasteiger partial charge on any atom is 0.0540 e. The highest BCUT2D eigenvalue weighted by Gasteiger charge is 2.19. The van der Waals surface area contributed by atoms with Crippen molar-refractivity contribution in [1.29, 1.82) is 0 Å². The van der Waals surface area contributed by atoms with Gasteiger partial charge in [-0.25, -0.2) is 0 Å². The van der Waals surface area contributed by atoms with Crippen LogP contribution in [0, 0.1) is 0 Å². The normalized spacial score (nSPS) is 11.6. The summed E-state index contributed by atoms with van der Waals surface area (Å²) < 4.78 is 2.65. The summed E-state index contributed by atoms with van der Waals surface area (Å²) in [6.45, 7) is 0. The highest BCUT2D eigenvalue weighted by Crippen LogP contribution is 2.45. The van der Waals surface area contributed by atoms with Gasteiger partial charge in [-0.2, -0.15) is 0 Å². The third-order valence-electron chi connectivity index (χ3n) is 11.3. The second-order valence-electron chi connectivity index (χ2n) is 14.4. The van der Waals surface area contributed by atoms with E-state index in [1.807, 2.05) is 11.3 Å². The third kappa shape index (κ3) is 5.38. The molecule has 0 amide bonds. The standard InChI is InChI=1S/C54H35NS/c1-3-13-36(14-4-1)43-32-33-50(48-20-8-7-19-47(43)48)55(42-30-31-46-40(35-42)27-34-52-54(46)49-21-9-10-24-51(49)56-52)41-28-25-38(26-29-41)45-23-12-18-39-17-11-22-44(53(39)45)37-15-5-2-6-16-37/h1-35H. The summed E-state index contributed by atoms with van der Waals surface area (Å²) in [5, 5.41) is 10.1. The van der Waals surface area contributed by atoms with E-state index in [0.717, 1.165) is 17.1 Å². The summed E-state index contributed by atoms with van der Waals surface area (Å²) >= 11 is 1.87. The van der Waals surface area contributed by atoms with Crippen LogP contribution in [0.15, 0.2) is 212 Å². The maximum absolute atomic E-state index is 2.44. The van der Waals surface area contributed by atoms with Crippen molar-refractivity contribution < 1.29 is 0 Å². The molecule has 0 radical (unpaired) electrons. The van der Waals surface area contributed by atoms with Crippen molar-refractivity contribution >= 4 is 80.9 Å². The van der Waals surface area contributed by atoms with Gasteiger partial charge in [-0.1, -0.05) is 170 Å². The van der Waals surface area contributed by atoms with Crippen molar-refractivity contribution in [1.82, 2.24) is 0 Å². The van der Waals surface area contributed by atoms with Crippen LogP contribution in [0.1, 0.15) is 0 Å². The molecule has 11 aromatic rings. The van der Waals surface area contributed by atoms with Crippen molar-refractivity contribution in [3.8, 4) is 33.4 Å². The molecule has 1 aromatic heterocycles. The summed E-state index contributed by atoms with van der Waals surface area (Å²) in [4.78, 5) is 2.44. The Labute approximate surface area is 330 Å². The third-order valence-corrected chi connectivity index (χ3v) is 12.4. The Balaban J connectivity index is 1.11. The lowest BCUT2D eigenvalue weighted by Gasteiger charge is -2.28. The Hall–Kier alpha value is -7.00. The van der Waals surface area contributed by atoms with Crippen LogP contribution in [0.2, 0.25) is 0 Å². The number of nitrogens with zero attached hydrogens (tertiary/aromatic N) is 1. The van der Waals surface area contributed by atoms with Gasteiger partial charge in [0.25, 0.3) is 0 Å². The molecule has 10 aromatic carbocycles. The molecule has 56 heavy (non-hydrogen) atoms. The Morgan fingerprint density at radius 2 is 0.911 bits per heavy atom. The van der Waals surface area contributed by atoms with Crippen LogP contribution < -0.4 is 4.90 Å². The van der Waals surface area contributed by atoms with E-state index in [-0.39, 0.29) is 0 Å². The van der Waals surface area contributed by atoms with Crippen LogP contribution in [-0.2, 0) is 0 Å². The molecule has 0 aliphatic rings. The maximum atomic E-state index is 2.44. The number of thiophene rings is 1. The first-order chi connectivity index (χ1) is 27.8. The van der Waals surface area contributed by atoms with Crippen molar-refractivity contribution in [2.75, 3.05) is 4.90 Å². The second-order valence-corrected chi connectivity index (χ2v) is 15.5. The van der Waals surface area contributed by atoms with Crippen molar-refractivity contribution in [3.05, 3.63) is 212 Å². The molecule has 0 atom stereocenters. The summed E-state index contributed by atoms with van der Waals surface area (Å²) in [5.41, 5.74) is 10.7. The summed E-state index contributed by atoms with van der Waals surface area (Å²) in [7, 11) is 0. The molecule has 2 heteroatoms. The quantitative estimate of drug-likeness (QED) is 0.165. The predicted octanol–water partition coefficient (Wildman–Crippen LogP) is 16.0. The van der Waals surface area contributed by atoms with E-state index in [9.17, 15) is 0 Å². The molecule has 0 saturated heterocycles. The van der Waals surface area contributed by atoms with Crippen LogP contribution in [-0.4, -0.2) is 0 Å². The number of hydrogen-bond acceptors (Lipinski definition) is 2. The van der Waals surface area contributed by atoms with E-state index in [1.54, 1.807) is 0 Å². The Morgan fingerprint density at radius 1 is 0.304 bits per heavy atom. The molecule has 0 N–H and O–H groups in total. The van der Waals surface area contributed by atoms with Gasteiger partial charge in [-0.05, 0) is 103 Å². The van der Waals surface area contributed by atoms with Gasteiger partial charge in [0.2, 0.25) is 0 Å². The molecule has 11 rings (SSSR count). The summed E-state index contributed by atoms with van der Waals surface area (Å²) in [6.07, 6.45) is 0. The van der Waals surface area contributed by atoms with Gasteiger partial charge >= 0.3 is 0 Å². The first-order valence-corrected chi connectivity index (χ1v) is 20.0. The molecule has 0 bridgehead atoms. The Bertz CT molecular complexity index is 3230. The van der Waals surface area contributed by atoms with Crippen LogP contribution >= 0.6 is 11.3 Å². The fourth-order valence-electron chi connectivity index (χ4n) is 8.68. The molecule has 1 heterocycles. The SMILES string of the molecule is c1ccc(-c2ccc(N(c3ccc(-c4cccc5cccc(-c6ccccc6)c45)cc3)c3ccc4c(ccc5sc6ccccc6c54)c3)c3ccccc23)cc1.